The van der Waals surface area contributed by atoms with E-state index in [1.165, 1.54) is 0 Å². The zero-order valence-electron chi connectivity index (χ0n) is 9.82. The fourth-order valence-electron chi connectivity index (χ4n) is 0.832. The number of carbonyl (C=O) groups is 2. The number of unbranched alkanes of at least 4 members (excludes halogenated alkanes) is 1. The third kappa shape index (κ3) is 6.81. The summed E-state index contributed by atoms with van der Waals surface area (Å²) in [5.41, 5.74) is 0.595. The van der Waals surface area contributed by atoms with Crippen molar-refractivity contribution in [3.63, 3.8) is 0 Å². The van der Waals surface area contributed by atoms with E-state index in [1.54, 1.807) is 19.9 Å². The van der Waals surface area contributed by atoms with Crippen molar-refractivity contribution in [3.05, 3.63) is 24.3 Å². The SMILES string of the molecule is C=CC(=O)OCCCCOC(=O)C(C)=CC. The normalized spacial score (nSPS) is 10.8. The monoisotopic (exact) mass is 226 g/mol. The summed E-state index contributed by atoms with van der Waals surface area (Å²) in [4.78, 5) is 21.8. The maximum absolute atomic E-state index is 11.2. The fourth-order valence-corrected chi connectivity index (χ4v) is 0.832. The Labute approximate surface area is 95.9 Å². The smallest absolute Gasteiger partial charge is 0.333 e. The highest BCUT2D eigenvalue weighted by atomic mass is 16.5. The van der Waals surface area contributed by atoms with Gasteiger partial charge in [0.25, 0.3) is 0 Å². The summed E-state index contributed by atoms with van der Waals surface area (Å²) in [6.45, 7) is 7.43. The molecule has 0 aliphatic rings. The van der Waals surface area contributed by atoms with Crippen LogP contribution in [0.1, 0.15) is 26.7 Å². The van der Waals surface area contributed by atoms with E-state index in [-0.39, 0.29) is 5.97 Å². The van der Waals surface area contributed by atoms with Crippen LogP contribution in [0.15, 0.2) is 24.3 Å². The predicted molar refractivity (Wildman–Crippen MR) is 60.8 cm³/mol. The molecule has 4 nitrogen and oxygen atoms in total. The molecule has 0 unspecified atom stereocenters. The molecule has 0 radical (unpaired) electrons. The molecule has 16 heavy (non-hydrogen) atoms. The van der Waals surface area contributed by atoms with E-state index in [9.17, 15) is 9.59 Å². The van der Waals surface area contributed by atoms with Crippen molar-refractivity contribution >= 4 is 11.9 Å². The van der Waals surface area contributed by atoms with Crippen molar-refractivity contribution in [1.29, 1.82) is 0 Å². The molecule has 0 saturated carbocycles. The molecule has 0 amide bonds. The van der Waals surface area contributed by atoms with Gasteiger partial charge in [-0.2, -0.15) is 0 Å². The first-order chi connectivity index (χ1) is 7.61. The van der Waals surface area contributed by atoms with Gasteiger partial charge in [-0.05, 0) is 26.7 Å². The second-order valence-electron chi connectivity index (χ2n) is 3.19. The lowest BCUT2D eigenvalue weighted by molar-refractivity contribution is -0.140. The predicted octanol–water partition coefficient (Wildman–Crippen LogP) is 2.01. The quantitative estimate of drug-likeness (QED) is 0.378. The van der Waals surface area contributed by atoms with Crippen molar-refractivity contribution in [3.8, 4) is 0 Å². The Hall–Kier alpha value is -1.58. The Kier molecular flexibility index (Phi) is 7.85. The first-order valence-electron chi connectivity index (χ1n) is 5.21. The summed E-state index contributed by atoms with van der Waals surface area (Å²) in [5.74, 6) is -0.729. The fraction of sp³-hybridized carbons (Fsp3) is 0.500. The van der Waals surface area contributed by atoms with Crippen LogP contribution in [-0.2, 0) is 19.1 Å². The largest absolute Gasteiger partial charge is 0.463 e. The molecule has 90 valence electrons. The minimum absolute atomic E-state index is 0.300. The summed E-state index contributed by atoms with van der Waals surface area (Å²) in [6.07, 6.45) is 4.17. The molecule has 0 aliphatic carbocycles. The number of ether oxygens (including phenoxy) is 2. The molecule has 0 aromatic rings. The van der Waals surface area contributed by atoms with Crippen molar-refractivity contribution in [1.82, 2.24) is 0 Å². The van der Waals surface area contributed by atoms with E-state index >= 15 is 0 Å². The van der Waals surface area contributed by atoms with Gasteiger partial charge in [0.15, 0.2) is 0 Å². The van der Waals surface area contributed by atoms with Crippen LogP contribution in [0.25, 0.3) is 0 Å². The molecule has 0 aromatic carbocycles. The summed E-state index contributed by atoms with van der Waals surface area (Å²) < 4.78 is 9.72. The Bertz CT molecular complexity index is 279. The van der Waals surface area contributed by atoms with Crippen LogP contribution in [0, 0.1) is 0 Å². The third-order valence-corrected chi connectivity index (χ3v) is 1.94. The van der Waals surface area contributed by atoms with Gasteiger partial charge in [0.05, 0.1) is 13.2 Å². The lowest BCUT2D eigenvalue weighted by Crippen LogP contribution is -2.08. The third-order valence-electron chi connectivity index (χ3n) is 1.94. The zero-order valence-corrected chi connectivity index (χ0v) is 9.82. The van der Waals surface area contributed by atoms with Crippen LogP contribution in [0.4, 0.5) is 0 Å². The molecule has 0 bridgehead atoms. The lowest BCUT2D eigenvalue weighted by atomic mass is 10.3. The van der Waals surface area contributed by atoms with Gasteiger partial charge >= 0.3 is 11.9 Å². The highest BCUT2D eigenvalue weighted by Gasteiger charge is 2.03. The molecule has 0 atom stereocenters. The number of hydrogen-bond donors (Lipinski definition) is 0. The van der Waals surface area contributed by atoms with E-state index in [0.29, 0.717) is 31.6 Å². The van der Waals surface area contributed by atoms with Gasteiger partial charge in [-0.1, -0.05) is 12.7 Å². The first-order valence-corrected chi connectivity index (χ1v) is 5.21. The van der Waals surface area contributed by atoms with E-state index in [4.69, 9.17) is 9.47 Å². The van der Waals surface area contributed by atoms with Crippen molar-refractivity contribution in [2.45, 2.75) is 26.7 Å². The molecule has 4 heteroatoms. The molecule has 0 heterocycles. The Morgan fingerprint density at radius 2 is 1.75 bits per heavy atom. The molecule has 0 aromatic heterocycles. The second-order valence-corrected chi connectivity index (χ2v) is 3.19. The minimum atomic E-state index is -0.429. The first kappa shape index (κ1) is 14.4. The van der Waals surface area contributed by atoms with Crippen LogP contribution < -0.4 is 0 Å². The number of esters is 2. The van der Waals surface area contributed by atoms with Gasteiger partial charge in [-0.25, -0.2) is 9.59 Å². The molecule has 0 N–H and O–H groups in total. The molecule has 0 spiro atoms. The van der Waals surface area contributed by atoms with Gasteiger partial charge in [-0.15, -0.1) is 0 Å². The van der Waals surface area contributed by atoms with Gasteiger partial charge in [0.2, 0.25) is 0 Å². The Morgan fingerprint density at radius 1 is 1.19 bits per heavy atom. The number of hydrogen-bond acceptors (Lipinski definition) is 4. The maximum Gasteiger partial charge on any atom is 0.333 e. The number of allylic oxidation sites excluding steroid dienone is 1. The van der Waals surface area contributed by atoms with Gasteiger partial charge in [0, 0.05) is 11.6 Å². The van der Waals surface area contributed by atoms with E-state index < -0.39 is 5.97 Å². The number of rotatable bonds is 7. The molecule has 0 aliphatic heterocycles. The molecular formula is C12H18O4. The van der Waals surface area contributed by atoms with Crippen LogP contribution in [0.3, 0.4) is 0 Å². The van der Waals surface area contributed by atoms with Gasteiger partial charge in [0.1, 0.15) is 0 Å². The molecule has 0 saturated heterocycles. The second kappa shape index (κ2) is 8.71. The lowest BCUT2D eigenvalue weighted by Gasteiger charge is -2.04. The molecule has 0 fully saturated rings. The maximum atomic E-state index is 11.2. The van der Waals surface area contributed by atoms with Crippen LogP contribution >= 0.6 is 0 Å². The Balaban J connectivity index is 3.44. The van der Waals surface area contributed by atoms with Crippen LogP contribution in [0.5, 0.6) is 0 Å². The summed E-state index contributed by atoms with van der Waals surface area (Å²) >= 11 is 0. The van der Waals surface area contributed by atoms with E-state index in [1.807, 2.05) is 0 Å². The van der Waals surface area contributed by atoms with E-state index in [0.717, 1.165) is 6.08 Å². The van der Waals surface area contributed by atoms with Crippen LogP contribution in [0.2, 0.25) is 0 Å². The highest BCUT2D eigenvalue weighted by molar-refractivity contribution is 5.87. The molecular weight excluding hydrogens is 208 g/mol. The topological polar surface area (TPSA) is 52.6 Å². The Morgan fingerprint density at radius 3 is 2.25 bits per heavy atom. The van der Waals surface area contributed by atoms with Crippen molar-refractivity contribution in [2.24, 2.45) is 0 Å². The standard InChI is InChI=1S/C12H18O4/c1-4-10(3)12(14)16-9-7-6-8-15-11(13)5-2/h4-5H,2,6-9H2,1,3H3. The average Bonchev–Trinajstić information content (AvgIpc) is 2.31. The summed E-state index contributed by atoms with van der Waals surface area (Å²) in [7, 11) is 0. The van der Waals surface area contributed by atoms with E-state index in [2.05, 4.69) is 6.58 Å². The average molecular weight is 226 g/mol. The van der Waals surface area contributed by atoms with Crippen molar-refractivity contribution < 1.29 is 19.1 Å². The van der Waals surface area contributed by atoms with Crippen molar-refractivity contribution in [2.75, 3.05) is 13.2 Å². The molecule has 0 rings (SSSR count). The highest BCUT2D eigenvalue weighted by Crippen LogP contribution is 1.98. The van der Waals surface area contributed by atoms with Gasteiger partial charge < -0.3 is 9.47 Å². The number of carbonyl (C=O) groups excluding carboxylic acids is 2. The summed E-state index contributed by atoms with van der Waals surface area (Å²) in [6, 6.07) is 0. The van der Waals surface area contributed by atoms with Crippen LogP contribution in [-0.4, -0.2) is 25.2 Å². The summed E-state index contributed by atoms with van der Waals surface area (Å²) in [5, 5.41) is 0. The zero-order chi connectivity index (χ0) is 12.4. The van der Waals surface area contributed by atoms with Gasteiger partial charge in [-0.3, -0.25) is 0 Å². The minimum Gasteiger partial charge on any atom is -0.463 e.